The van der Waals surface area contributed by atoms with Crippen molar-refractivity contribution in [2.24, 2.45) is 5.92 Å². The standard InChI is InChI=1S/C20H26N2O4S/c1-14(2)12-18(15-8-6-5-7-9-15)22-27(24,25)16-10-11-19(26-4)17(13-16)20(23)21-3/h5-11,13-14,18,22H,12H2,1-4H3,(H,21,23)/t18-/m1/s1. The average Bonchev–Trinajstić information content (AvgIpc) is 2.66. The fourth-order valence-corrected chi connectivity index (χ4v) is 4.09. The van der Waals surface area contributed by atoms with Gasteiger partial charge in [0.1, 0.15) is 5.75 Å². The third-order valence-electron chi connectivity index (χ3n) is 4.16. The van der Waals surface area contributed by atoms with Crippen molar-refractivity contribution in [3.63, 3.8) is 0 Å². The summed E-state index contributed by atoms with van der Waals surface area (Å²) in [5, 5.41) is 2.49. The van der Waals surface area contributed by atoms with Crippen LogP contribution in [0.3, 0.4) is 0 Å². The molecule has 0 aliphatic carbocycles. The van der Waals surface area contributed by atoms with Gasteiger partial charge in [0, 0.05) is 13.1 Å². The summed E-state index contributed by atoms with van der Waals surface area (Å²) < 4.78 is 33.9. The molecule has 6 nitrogen and oxygen atoms in total. The molecule has 27 heavy (non-hydrogen) atoms. The molecule has 0 saturated carbocycles. The SMILES string of the molecule is CNC(=O)c1cc(S(=O)(=O)N[C@H](CC(C)C)c2ccccc2)ccc1OC. The molecular weight excluding hydrogens is 364 g/mol. The molecule has 0 saturated heterocycles. The minimum atomic E-state index is -3.83. The predicted octanol–water partition coefficient (Wildman–Crippen LogP) is 3.12. The molecule has 2 aromatic carbocycles. The van der Waals surface area contributed by atoms with Gasteiger partial charge in [-0.25, -0.2) is 13.1 Å². The molecule has 0 aliphatic heterocycles. The first-order valence-corrected chi connectivity index (χ1v) is 10.2. The molecule has 0 radical (unpaired) electrons. The molecule has 0 aromatic heterocycles. The number of hydrogen-bond donors (Lipinski definition) is 2. The van der Waals surface area contributed by atoms with Crippen molar-refractivity contribution in [2.75, 3.05) is 14.2 Å². The number of benzene rings is 2. The van der Waals surface area contributed by atoms with Gasteiger partial charge in [-0.15, -0.1) is 0 Å². The first-order chi connectivity index (χ1) is 12.8. The second-order valence-electron chi connectivity index (χ2n) is 6.66. The molecule has 0 heterocycles. The van der Waals surface area contributed by atoms with Crippen LogP contribution in [-0.2, 0) is 10.0 Å². The molecule has 0 unspecified atom stereocenters. The van der Waals surface area contributed by atoms with Crippen molar-refractivity contribution < 1.29 is 17.9 Å². The largest absolute Gasteiger partial charge is 0.496 e. The molecule has 7 heteroatoms. The fraction of sp³-hybridized carbons (Fsp3) is 0.350. The molecule has 0 bridgehead atoms. The van der Waals surface area contributed by atoms with Crippen molar-refractivity contribution >= 4 is 15.9 Å². The van der Waals surface area contributed by atoms with E-state index < -0.39 is 15.9 Å². The summed E-state index contributed by atoms with van der Waals surface area (Å²) in [5.41, 5.74) is 1.07. The van der Waals surface area contributed by atoms with Crippen LogP contribution in [0, 0.1) is 5.92 Å². The first-order valence-electron chi connectivity index (χ1n) is 8.76. The third kappa shape index (κ3) is 5.30. The Morgan fingerprint density at radius 3 is 2.33 bits per heavy atom. The Morgan fingerprint density at radius 1 is 1.11 bits per heavy atom. The quantitative estimate of drug-likeness (QED) is 0.725. The summed E-state index contributed by atoms with van der Waals surface area (Å²) in [6, 6.07) is 13.4. The van der Waals surface area contributed by atoms with Gasteiger partial charge in [-0.3, -0.25) is 4.79 Å². The van der Waals surface area contributed by atoms with E-state index >= 15 is 0 Å². The van der Waals surface area contributed by atoms with Gasteiger partial charge < -0.3 is 10.1 Å². The van der Waals surface area contributed by atoms with E-state index in [2.05, 4.69) is 10.0 Å². The smallest absolute Gasteiger partial charge is 0.254 e. The van der Waals surface area contributed by atoms with Crippen LogP contribution in [0.2, 0.25) is 0 Å². The lowest BCUT2D eigenvalue weighted by Gasteiger charge is -2.21. The Morgan fingerprint density at radius 2 is 1.78 bits per heavy atom. The lowest BCUT2D eigenvalue weighted by molar-refractivity contribution is 0.0960. The van der Waals surface area contributed by atoms with Gasteiger partial charge in [-0.2, -0.15) is 0 Å². The van der Waals surface area contributed by atoms with Gasteiger partial charge in [-0.05, 0) is 36.1 Å². The number of carbonyl (C=O) groups excluding carboxylic acids is 1. The van der Waals surface area contributed by atoms with Crippen LogP contribution in [-0.4, -0.2) is 28.5 Å². The molecule has 0 fully saturated rings. The van der Waals surface area contributed by atoms with E-state index in [0.717, 1.165) is 5.56 Å². The maximum Gasteiger partial charge on any atom is 0.254 e. The van der Waals surface area contributed by atoms with E-state index in [1.54, 1.807) is 0 Å². The number of sulfonamides is 1. The molecule has 2 N–H and O–H groups in total. The Hall–Kier alpha value is -2.38. The van der Waals surface area contributed by atoms with Crippen LogP contribution < -0.4 is 14.8 Å². The van der Waals surface area contributed by atoms with Gasteiger partial charge in [-0.1, -0.05) is 44.2 Å². The van der Waals surface area contributed by atoms with Gasteiger partial charge in [0.15, 0.2) is 0 Å². The number of hydrogen-bond acceptors (Lipinski definition) is 4. The minimum absolute atomic E-state index is 0.0200. The second kappa shape index (κ2) is 9.01. The Labute approximate surface area is 161 Å². The zero-order chi connectivity index (χ0) is 20.0. The van der Waals surface area contributed by atoms with Crippen LogP contribution in [0.1, 0.15) is 42.2 Å². The number of ether oxygens (including phenoxy) is 1. The number of rotatable bonds is 8. The summed E-state index contributed by atoms with van der Waals surface area (Å²) in [5.74, 6) is 0.205. The van der Waals surface area contributed by atoms with Crippen LogP contribution in [0.15, 0.2) is 53.4 Å². The lowest BCUT2D eigenvalue weighted by atomic mass is 9.98. The van der Waals surface area contributed by atoms with Gasteiger partial charge >= 0.3 is 0 Å². The molecule has 0 spiro atoms. The van der Waals surface area contributed by atoms with E-state index in [9.17, 15) is 13.2 Å². The van der Waals surface area contributed by atoms with Crippen molar-refractivity contribution in [3.8, 4) is 5.75 Å². The van der Waals surface area contributed by atoms with Crippen LogP contribution >= 0.6 is 0 Å². The van der Waals surface area contributed by atoms with E-state index in [4.69, 9.17) is 4.74 Å². The summed E-state index contributed by atoms with van der Waals surface area (Å²) >= 11 is 0. The van der Waals surface area contributed by atoms with Gasteiger partial charge in [0.05, 0.1) is 17.6 Å². The molecule has 2 aromatic rings. The maximum absolute atomic E-state index is 13.0. The number of nitrogens with one attached hydrogen (secondary N) is 2. The maximum atomic E-state index is 13.0. The Balaban J connectivity index is 2.40. The second-order valence-corrected chi connectivity index (χ2v) is 8.37. The highest BCUT2D eigenvalue weighted by Crippen LogP contribution is 2.26. The molecule has 1 atom stereocenters. The molecule has 1 amide bonds. The highest BCUT2D eigenvalue weighted by molar-refractivity contribution is 7.89. The fourth-order valence-electron chi connectivity index (χ4n) is 2.83. The zero-order valence-corrected chi connectivity index (χ0v) is 16.8. The molecule has 0 aliphatic rings. The minimum Gasteiger partial charge on any atom is -0.496 e. The summed E-state index contributed by atoms with van der Waals surface area (Å²) in [4.78, 5) is 12.1. The first kappa shape index (κ1) is 20.9. The summed E-state index contributed by atoms with van der Waals surface area (Å²) in [7, 11) is -0.914. The number of methoxy groups -OCH3 is 1. The van der Waals surface area contributed by atoms with Crippen LogP contribution in [0.5, 0.6) is 5.75 Å². The number of carbonyl (C=O) groups is 1. The lowest BCUT2D eigenvalue weighted by Crippen LogP contribution is -2.30. The normalized spacial score (nSPS) is 12.6. The molecular formula is C20H26N2O4S. The van der Waals surface area contributed by atoms with Gasteiger partial charge in [0.2, 0.25) is 10.0 Å². The van der Waals surface area contributed by atoms with Gasteiger partial charge in [0.25, 0.3) is 5.91 Å². The molecule has 2 rings (SSSR count). The van der Waals surface area contributed by atoms with E-state index in [-0.39, 0.29) is 16.5 Å². The number of amides is 1. The van der Waals surface area contributed by atoms with Crippen LogP contribution in [0.25, 0.3) is 0 Å². The molecule has 146 valence electrons. The third-order valence-corrected chi connectivity index (χ3v) is 5.63. The van der Waals surface area contributed by atoms with E-state index in [1.165, 1.54) is 32.4 Å². The summed E-state index contributed by atoms with van der Waals surface area (Å²) in [6.07, 6.45) is 0.654. The monoisotopic (exact) mass is 390 g/mol. The van der Waals surface area contributed by atoms with Crippen LogP contribution in [0.4, 0.5) is 0 Å². The topological polar surface area (TPSA) is 84.5 Å². The van der Waals surface area contributed by atoms with E-state index in [1.807, 2.05) is 44.2 Å². The Bertz CT molecular complexity index is 880. The zero-order valence-electron chi connectivity index (χ0n) is 16.0. The van der Waals surface area contributed by atoms with Crippen molar-refractivity contribution in [1.29, 1.82) is 0 Å². The average molecular weight is 391 g/mol. The highest BCUT2D eigenvalue weighted by Gasteiger charge is 2.24. The van der Waals surface area contributed by atoms with E-state index in [0.29, 0.717) is 18.1 Å². The van der Waals surface area contributed by atoms with Crippen molar-refractivity contribution in [3.05, 3.63) is 59.7 Å². The highest BCUT2D eigenvalue weighted by atomic mass is 32.2. The Kier molecular flexibility index (Phi) is 6.98. The predicted molar refractivity (Wildman–Crippen MR) is 105 cm³/mol. The van der Waals surface area contributed by atoms with Crippen molar-refractivity contribution in [1.82, 2.24) is 10.0 Å². The summed E-state index contributed by atoms with van der Waals surface area (Å²) in [6.45, 7) is 4.09. The van der Waals surface area contributed by atoms with Crippen molar-refractivity contribution in [2.45, 2.75) is 31.2 Å².